The molecule has 0 aromatic heterocycles. The number of benzene rings is 1. The molecule has 1 aliphatic heterocycles. The maximum atomic E-state index is 12.6. The van der Waals surface area contributed by atoms with Crippen molar-refractivity contribution < 1.29 is 9.53 Å². The Labute approximate surface area is 114 Å². The van der Waals surface area contributed by atoms with Crippen molar-refractivity contribution in [2.24, 2.45) is 5.73 Å². The second-order valence-corrected chi connectivity index (χ2v) is 4.99. The highest BCUT2D eigenvalue weighted by atomic mass is 16.5. The molecule has 4 heteroatoms. The average Bonchev–Trinajstić information content (AvgIpc) is 2.49. The number of nitrogens with zero attached hydrogens (tertiary/aromatic N) is 1. The monoisotopic (exact) mass is 262 g/mol. The standard InChI is InChI=1S/C15H22N2O2/c1-17(13-7-9-19-10-8-13)15(18)14(11-16)12-5-3-2-4-6-12/h2-6,13-14H,7-11,16H2,1H3. The molecule has 2 rings (SSSR count). The van der Waals surface area contributed by atoms with E-state index in [9.17, 15) is 4.79 Å². The van der Waals surface area contributed by atoms with Crippen LogP contribution in [0.5, 0.6) is 0 Å². The van der Waals surface area contributed by atoms with Crippen molar-refractivity contribution >= 4 is 5.91 Å². The Morgan fingerprint density at radius 2 is 2.00 bits per heavy atom. The molecule has 0 aliphatic carbocycles. The zero-order chi connectivity index (χ0) is 13.7. The van der Waals surface area contributed by atoms with Gasteiger partial charge in [0.05, 0.1) is 5.92 Å². The van der Waals surface area contributed by atoms with Crippen molar-refractivity contribution in [2.75, 3.05) is 26.8 Å². The maximum Gasteiger partial charge on any atom is 0.231 e. The highest BCUT2D eigenvalue weighted by molar-refractivity contribution is 5.84. The van der Waals surface area contributed by atoms with Crippen molar-refractivity contribution in [3.05, 3.63) is 35.9 Å². The quantitative estimate of drug-likeness (QED) is 0.891. The lowest BCUT2D eigenvalue weighted by atomic mass is 9.96. The second-order valence-electron chi connectivity index (χ2n) is 4.99. The lowest BCUT2D eigenvalue weighted by molar-refractivity contribution is -0.135. The fourth-order valence-corrected chi connectivity index (χ4v) is 2.56. The van der Waals surface area contributed by atoms with Crippen LogP contribution in [0.4, 0.5) is 0 Å². The number of carbonyl (C=O) groups is 1. The van der Waals surface area contributed by atoms with Gasteiger partial charge in [-0.3, -0.25) is 4.79 Å². The van der Waals surface area contributed by atoms with Gasteiger partial charge in [0.15, 0.2) is 0 Å². The number of amides is 1. The molecule has 0 spiro atoms. The third-order valence-electron chi connectivity index (χ3n) is 3.82. The molecular weight excluding hydrogens is 240 g/mol. The van der Waals surface area contributed by atoms with Gasteiger partial charge in [-0.2, -0.15) is 0 Å². The third-order valence-corrected chi connectivity index (χ3v) is 3.82. The normalized spacial score (nSPS) is 18.0. The molecule has 0 bridgehead atoms. The number of rotatable bonds is 4. The van der Waals surface area contributed by atoms with Gasteiger partial charge in [-0.25, -0.2) is 0 Å². The molecular formula is C15H22N2O2. The molecule has 1 aliphatic rings. The summed E-state index contributed by atoms with van der Waals surface area (Å²) >= 11 is 0. The topological polar surface area (TPSA) is 55.6 Å². The lowest BCUT2D eigenvalue weighted by Gasteiger charge is -2.33. The van der Waals surface area contributed by atoms with E-state index in [1.807, 2.05) is 42.3 Å². The highest BCUT2D eigenvalue weighted by Crippen LogP contribution is 2.21. The molecule has 2 N–H and O–H groups in total. The number of hydrogen-bond acceptors (Lipinski definition) is 3. The summed E-state index contributed by atoms with van der Waals surface area (Å²) in [7, 11) is 1.88. The van der Waals surface area contributed by atoms with E-state index in [-0.39, 0.29) is 17.9 Å². The molecule has 1 atom stereocenters. The summed E-state index contributed by atoms with van der Waals surface area (Å²) in [5.74, 6) is -0.130. The van der Waals surface area contributed by atoms with Gasteiger partial charge < -0.3 is 15.4 Å². The first-order valence-electron chi connectivity index (χ1n) is 6.83. The van der Waals surface area contributed by atoms with E-state index in [4.69, 9.17) is 10.5 Å². The molecule has 1 heterocycles. The molecule has 1 unspecified atom stereocenters. The van der Waals surface area contributed by atoms with Crippen molar-refractivity contribution in [2.45, 2.75) is 24.8 Å². The Morgan fingerprint density at radius 1 is 1.37 bits per heavy atom. The highest BCUT2D eigenvalue weighted by Gasteiger charge is 2.28. The third kappa shape index (κ3) is 3.33. The van der Waals surface area contributed by atoms with Gasteiger partial charge >= 0.3 is 0 Å². The Kier molecular flexibility index (Phi) is 4.93. The largest absolute Gasteiger partial charge is 0.381 e. The van der Waals surface area contributed by atoms with E-state index in [1.54, 1.807) is 0 Å². The molecule has 1 aromatic rings. The summed E-state index contributed by atoms with van der Waals surface area (Å²) in [5, 5.41) is 0. The van der Waals surface area contributed by atoms with E-state index >= 15 is 0 Å². The van der Waals surface area contributed by atoms with Crippen LogP contribution in [-0.2, 0) is 9.53 Å². The Bertz CT molecular complexity index is 402. The van der Waals surface area contributed by atoms with Crippen molar-refractivity contribution in [1.29, 1.82) is 0 Å². The predicted octanol–water partition coefficient (Wildman–Crippen LogP) is 1.37. The average molecular weight is 262 g/mol. The van der Waals surface area contributed by atoms with Crippen molar-refractivity contribution in [3.8, 4) is 0 Å². The van der Waals surface area contributed by atoms with Crippen molar-refractivity contribution in [1.82, 2.24) is 4.90 Å². The van der Waals surface area contributed by atoms with Gasteiger partial charge in [-0.15, -0.1) is 0 Å². The van der Waals surface area contributed by atoms with Crippen molar-refractivity contribution in [3.63, 3.8) is 0 Å². The van der Waals surface area contributed by atoms with Crippen LogP contribution in [0.2, 0.25) is 0 Å². The number of hydrogen-bond donors (Lipinski definition) is 1. The number of ether oxygens (including phenoxy) is 1. The van der Waals surface area contributed by atoms with Crippen LogP contribution < -0.4 is 5.73 Å². The second kappa shape index (κ2) is 6.68. The SMILES string of the molecule is CN(C(=O)C(CN)c1ccccc1)C1CCOCC1. The summed E-state index contributed by atoms with van der Waals surface area (Å²) in [6, 6.07) is 10.0. The molecule has 4 nitrogen and oxygen atoms in total. The molecule has 1 aromatic carbocycles. The van der Waals surface area contributed by atoms with E-state index < -0.39 is 0 Å². The zero-order valence-corrected chi connectivity index (χ0v) is 11.4. The molecule has 104 valence electrons. The first kappa shape index (κ1) is 14.0. The first-order valence-corrected chi connectivity index (χ1v) is 6.83. The van der Waals surface area contributed by atoms with Crippen LogP contribution in [0.25, 0.3) is 0 Å². The summed E-state index contributed by atoms with van der Waals surface area (Å²) in [6.45, 7) is 1.82. The van der Waals surface area contributed by atoms with Crippen LogP contribution in [0, 0.1) is 0 Å². The molecule has 1 amide bonds. The van der Waals surface area contributed by atoms with E-state index in [1.165, 1.54) is 0 Å². The van der Waals surface area contributed by atoms with Crippen LogP contribution in [0.3, 0.4) is 0 Å². The predicted molar refractivity (Wildman–Crippen MR) is 74.8 cm³/mol. The summed E-state index contributed by atoms with van der Waals surface area (Å²) in [4.78, 5) is 14.4. The Balaban J connectivity index is 2.07. The Hall–Kier alpha value is -1.39. The first-order chi connectivity index (χ1) is 9.24. The molecule has 1 saturated heterocycles. The van der Waals surface area contributed by atoms with E-state index in [0.717, 1.165) is 31.6 Å². The van der Waals surface area contributed by atoms with Gasteiger partial charge in [-0.1, -0.05) is 30.3 Å². The number of carbonyl (C=O) groups excluding carboxylic acids is 1. The zero-order valence-electron chi connectivity index (χ0n) is 11.4. The Morgan fingerprint density at radius 3 is 2.58 bits per heavy atom. The molecule has 0 saturated carbocycles. The molecule has 0 radical (unpaired) electrons. The lowest BCUT2D eigenvalue weighted by Crippen LogP contribution is -2.44. The number of likely N-dealkylation sites (N-methyl/N-ethyl adjacent to an activating group) is 1. The summed E-state index contributed by atoms with van der Waals surface area (Å²) in [6.07, 6.45) is 1.82. The summed E-state index contributed by atoms with van der Waals surface area (Å²) in [5.41, 5.74) is 6.80. The fourth-order valence-electron chi connectivity index (χ4n) is 2.56. The fraction of sp³-hybridized carbons (Fsp3) is 0.533. The van der Waals surface area contributed by atoms with E-state index in [2.05, 4.69) is 0 Å². The van der Waals surface area contributed by atoms with Crippen LogP contribution in [-0.4, -0.2) is 43.7 Å². The van der Waals surface area contributed by atoms with Crippen LogP contribution in [0.15, 0.2) is 30.3 Å². The van der Waals surface area contributed by atoms with Crippen LogP contribution >= 0.6 is 0 Å². The van der Waals surface area contributed by atoms with Gasteiger partial charge in [0.2, 0.25) is 5.91 Å². The van der Waals surface area contributed by atoms with Gasteiger partial charge in [0.25, 0.3) is 0 Å². The minimum Gasteiger partial charge on any atom is -0.381 e. The molecule has 1 fully saturated rings. The van der Waals surface area contributed by atoms with Gasteiger partial charge in [0.1, 0.15) is 0 Å². The maximum absolute atomic E-state index is 12.6. The smallest absolute Gasteiger partial charge is 0.231 e. The van der Waals surface area contributed by atoms with Gasteiger partial charge in [0, 0.05) is 32.8 Å². The minimum absolute atomic E-state index is 0.112. The van der Waals surface area contributed by atoms with E-state index in [0.29, 0.717) is 6.54 Å². The number of nitrogens with two attached hydrogens (primary N) is 1. The van der Waals surface area contributed by atoms with Crippen LogP contribution in [0.1, 0.15) is 24.3 Å². The van der Waals surface area contributed by atoms with Gasteiger partial charge in [-0.05, 0) is 18.4 Å². The summed E-state index contributed by atoms with van der Waals surface area (Å²) < 4.78 is 5.34. The molecule has 19 heavy (non-hydrogen) atoms. The minimum atomic E-state index is -0.242.